The molecule has 2 aromatic rings. The van der Waals surface area contributed by atoms with Crippen LogP contribution >= 0.6 is 0 Å². The van der Waals surface area contributed by atoms with E-state index in [-0.39, 0.29) is 11.7 Å². The summed E-state index contributed by atoms with van der Waals surface area (Å²) in [5.74, 6) is 5.82. The van der Waals surface area contributed by atoms with Crippen LogP contribution in [0.2, 0.25) is 0 Å². The number of hydrogen-bond acceptors (Lipinski definition) is 3. The smallest absolute Gasteiger partial charge is 0.150 e. The number of anilines is 1. The van der Waals surface area contributed by atoms with Crippen LogP contribution in [0.1, 0.15) is 37.4 Å². The zero-order valence-electron chi connectivity index (χ0n) is 10.9. The molecule has 20 heavy (non-hydrogen) atoms. The fourth-order valence-corrected chi connectivity index (χ4v) is 2.84. The standard InChI is InChI=1S/C14H16F2N4/c15-10-5-9(6-11(16)7-10)12-13(17)20(18)14(19-12)8-3-1-2-4-8/h5-8H,1-4,17-18H2. The van der Waals surface area contributed by atoms with Crippen molar-refractivity contribution in [1.82, 2.24) is 9.66 Å². The van der Waals surface area contributed by atoms with E-state index in [1.165, 1.54) is 16.8 Å². The number of imidazole rings is 1. The second-order valence-corrected chi connectivity index (χ2v) is 5.21. The summed E-state index contributed by atoms with van der Waals surface area (Å²) in [6.07, 6.45) is 4.32. The van der Waals surface area contributed by atoms with Gasteiger partial charge in [-0.05, 0) is 25.0 Å². The van der Waals surface area contributed by atoms with Gasteiger partial charge in [0.15, 0.2) is 5.82 Å². The van der Waals surface area contributed by atoms with Crippen molar-refractivity contribution in [2.45, 2.75) is 31.6 Å². The summed E-state index contributed by atoms with van der Waals surface area (Å²) in [6.45, 7) is 0. The maximum absolute atomic E-state index is 13.3. The second kappa shape index (κ2) is 4.77. The molecule has 1 aromatic carbocycles. The van der Waals surface area contributed by atoms with Crippen molar-refractivity contribution in [2.75, 3.05) is 11.6 Å². The van der Waals surface area contributed by atoms with Gasteiger partial charge in [-0.25, -0.2) is 18.4 Å². The van der Waals surface area contributed by atoms with Crippen molar-refractivity contribution in [3.8, 4) is 11.3 Å². The Bertz CT molecular complexity index is 625. The molecule has 4 N–H and O–H groups in total. The third-order valence-electron chi connectivity index (χ3n) is 3.83. The first-order chi connectivity index (χ1) is 9.56. The Morgan fingerprint density at radius 1 is 1.10 bits per heavy atom. The number of benzene rings is 1. The van der Waals surface area contributed by atoms with Crippen molar-refractivity contribution in [1.29, 1.82) is 0 Å². The molecule has 1 fully saturated rings. The molecule has 0 amide bonds. The molecule has 1 aromatic heterocycles. The molecule has 6 heteroatoms. The van der Waals surface area contributed by atoms with Gasteiger partial charge in [0, 0.05) is 17.5 Å². The Labute approximate surface area is 115 Å². The van der Waals surface area contributed by atoms with E-state index in [2.05, 4.69) is 4.98 Å². The van der Waals surface area contributed by atoms with Crippen molar-refractivity contribution in [3.63, 3.8) is 0 Å². The van der Waals surface area contributed by atoms with Gasteiger partial charge in [0.1, 0.15) is 23.2 Å². The second-order valence-electron chi connectivity index (χ2n) is 5.21. The number of nitrogens with two attached hydrogens (primary N) is 2. The molecule has 0 atom stereocenters. The van der Waals surface area contributed by atoms with E-state index in [1.54, 1.807) is 0 Å². The molecule has 4 nitrogen and oxygen atoms in total. The number of hydrogen-bond donors (Lipinski definition) is 2. The first-order valence-electron chi connectivity index (χ1n) is 6.66. The summed E-state index contributed by atoms with van der Waals surface area (Å²) in [5, 5.41) is 0. The molecule has 0 aliphatic heterocycles. The number of aromatic nitrogens is 2. The summed E-state index contributed by atoms with van der Waals surface area (Å²) < 4.78 is 28.0. The highest BCUT2D eigenvalue weighted by atomic mass is 19.1. The summed E-state index contributed by atoms with van der Waals surface area (Å²) in [7, 11) is 0. The third kappa shape index (κ3) is 2.11. The minimum Gasteiger partial charge on any atom is -0.382 e. The van der Waals surface area contributed by atoms with Crippen LogP contribution in [0.25, 0.3) is 11.3 Å². The Kier molecular flexibility index (Phi) is 3.08. The first kappa shape index (κ1) is 12.9. The first-order valence-corrected chi connectivity index (χ1v) is 6.66. The van der Waals surface area contributed by atoms with Crippen molar-refractivity contribution in [3.05, 3.63) is 35.7 Å². The summed E-state index contributed by atoms with van der Waals surface area (Å²) in [6, 6.07) is 3.23. The largest absolute Gasteiger partial charge is 0.382 e. The van der Waals surface area contributed by atoms with Crippen LogP contribution in [0.15, 0.2) is 18.2 Å². The van der Waals surface area contributed by atoms with Gasteiger partial charge in [0.25, 0.3) is 0 Å². The summed E-state index contributed by atoms with van der Waals surface area (Å²) >= 11 is 0. The maximum atomic E-state index is 13.3. The van der Waals surface area contributed by atoms with E-state index in [1.807, 2.05) is 0 Å². The van der Waals surface area contributed by atoms with Crippen LogP contribution in [0.3, 0.4) is 0 Å². The molecule has 1 aliphatic carbocycles. The lowest BCUT2D eigenvalue weighted by atomic mass is 10.1. The number of nitrogens with zero attached hydrogens (tertiary/aromatic N) is 2. The summed E-state index contributed by atoms with van der Waals surface area (Å²) in [4.78, 5) is 4.42. The maximum Gasteiger partial charge on any atom is 0.150 e. The van der Waals surface area contributed by atoms with Gasteiger partial charge in [0.2, 0.25) is 0 Å². The molecule has 0 spiro atoms. The Morgan fingerprint density at radius 3 is 2.30 bits per heavy atom. The molecule has 3 rings (SSSR count). The molecule has 0 saturated heterocycles. The van der Waals surface area contributed by atoms with Crippen LogP contribution in [0.5, 0.6) is 0 Å². The minimum atomic E-state index is -0.659. The molecular weight excluding hydrogens is 262 g/mol. The van der Waals surface area contributed by atoms with Gasteiger partial charge in [-0.15, -0.1) is 0 Å². The van der Waals surface area contributed by atoms with E-state index in [0.717, 1.165) is 31.7 Å². The molecule has 106 valence electrons. The number of rotatable bonds is 2. The Balaban J connectivity index is 2.07. The number of halogens is 2. The van der Waals surface area contributed by atoms with Gasteiger partial charge in [0.05, 0.1) is 0 Å². The van der Waals surface area contributed by atoms with Crippen molar-refractivity contribution >= 4 is 5.82 Å². The molecule has 0 radical (unpaired) electrons. The van der Waals surface area contributed by atoms with E-state index in [4.69, 9.17) is 11.6 Å². The molecule has 0 bridgehead atoms. The topological polar surface area (TPSA) is 69.9 Å². The zero-order valence-corrected chi connectivity index (χ0v) is 10.9. The normalized spacial score (nSPS) is 15.9. The lowest BCUT2D eigenvalue weighted by Gasteiger charge is -2.08. The van der Waals surface area contributed by atoms with Crippen LogP contribution < -0.4 is 11.6 Å². The van der Waals surface area contributed by atoms with Gasteiger partial charge in [-0.3, -0.25) is 0 Å². The SMILES string of the molecule is Nc1c(-c2cc(F)cc(F)c2)nc(C2CCCC2)n1N. The minimum absolute atomic E-state index is 0.233. The Hall–Kier alpha value is -2.11. The highest BCUT2D eigenvalue weighted by Gasteiger charge is 2.25. The molecule has 1 saturated carbocycles. The lowest BCUT2D eigenvalue weighted by molar-refractivity contribution is 0.584. The fraction of sp³-hybridized carbons (Fsp3) is 0.357. The average molecular weight is 278 g/mol. The summed E-state index contributed by atoms with van der Waals surface area (Å²) in [5.41, 5.74) is 6.58. The van der Waals surface area contributed by atoms with Crippen molar-refractivity contribution < 1.29 is 8.78 Å². The van der Waals surface area contributed by atoms with E-state index in [0.29, 0.717) is 17.1 Å². The van der Waals surface area contributed by atoms with Crippen LogP contribution in [0.4, 0.5) is 14.6 Å². The number of nitrogen functional groups attached to an aromatic ring is 2. The lowest BCUT2D eigenvalue weighted by Crippen LogP contribution is -2.17. The highest BCUT2D eigenvalue weighted by Crippen LogP contribution is 2.36. The molecular formula is C14H16F2N4. The predicted molar refractivity (Wildman–Crippen MR) is 73.4 cm³/mol. The zero-order chi connectivity index (χ0) is 14.3. The van der Waals surface area contributed by atoms with Gasteiger partial charge in [-0.1, -0.05) is 12.8 Å². The molecule has 0 unspecified atom stereocenters. The van der Waals surface area contributed by atoms with E-state index >= 15 is 0 Å². The van der Waals surface area contributed by atoms with Gasteiger partial charge >= 0.3 is 0 Å². The average Bonchev–Trinajstić information content (AvgIpc) is 2.99. The predicted octanol–water partition coefficient (Wildman–Crippen LogP) is 2.78. The quantitative estimate of drug-likeness (QED) is 0.830. The van der Waals surface area contributed by atoms with Crippen LogP contribution in [-0.4, -0.2) is 9.66 Å². The van der Waals surface area contributed by atoms with E-state index in [9.17, 15) is 8.78 Å². The molecule has 1 heterocycles. The Morgan fingerprint density at radius 2 is 1.70 bits per heavy atom. The third-order valence-corrected chi connectivity index (χ3v) is 3.83. The van der Waals surface area contributed by atoms with E-state index < -0.39 is 11.6 Å². The highest BCUT2D eigenvalue weighted by molar-refractivity contribution is 5.71. The van der Waals surface area contributed by atoms with Crippen LogP contribution in [-0.2, 0) is 0 Å². The van der Waals surface area contributed by atoms with Crippen molar-refractivity contribution in [2.24, 2.45) is 0 Å². The van der Waals surface area contributed by atoms with Crippen LogP contribution in [0, 0.1) is 11.6 Å². The van der Waals surface area contributed by atoms with Gasteiger partial charge in [-0.2, -0.15) is 0 Å². The molecule has 1 aliphatic rings. The van der Waals surface area contributed by atoms with Gasteiger partial charge < -0.3 is 11.6 Å². The monoisotopic (exact) mass is 278 g/mol. The fourth-order valence-electron chi connectivity index (χ4n) is 2.84.